The number of H-pyrrole nitrogens is 1. The minimum Gasteiger partial charge on any atom is -0.507 e. The fraction of sp³-hybridized carbons (Fsp3) is 0.333. The van der Waals surface area contributed by atoms with E-state index in [-0.39, 0.29) is 11.3 Å². The number of ether oxygens (including phenoxy) is 1. The van der Waals surface area contributed by atoms with Crippen molar-refractivity contribution >= 4 is 21.7 Å². The van der Waals surface area contributed by atoms with Crippen LogP contribution in [0.15, 0.2) is 59.5 Å². The van der Waals surface area contributed by atoms with E-state index in [9.17, 15) is 15.0 Å². The molecule has 8 heteroatoms. The highest BCUT2D eigenvalue weighted by Gasteiger charge is 2.22. The number of hydrogen-bond donors (Lipinski definition) is 4. The molecule has 8 nitrogen and oxygen atoms in total. The number of benzene rings is 2. The van der Waals surface area contributed by atoms with Gasteiger partial charge < -0.3 is 30.2 Å². The van der Waals surface area contributed by atoms with Crippen LogP contribution in [0.2, 0.25) is 0 Å². The first-order valence-corrected chi connectivity index (χ1v) is 11.9. The molecule has 0 radical (unpaired) electrons. The third-order valence-corrected chi connectivity index (χ3v) is 6.85. The fourth-order valence-corrected chi connectivity index (χ4v) is 4.93. The van der Waals surface area contributed by atoms with Gasteiger partial charge in [0.05, 0.1) is 24.1 Å². The molecule has 0 bridgehead atoms. The van der Waals surface area contributed by atoms with Gasteiger partial charge in [0, 0.05) is 36.4 Å². The molecule has 4 aromatic rings. The molecular formula is C27H30N4O4. The summed E-state index contributed by atoms with van der Waals surface area (Å²) in [6.45, 7) is 2.87. The number of aromatic hydroxyl groups is 1. The molecule has 1 unspecified atom stereocenters. The lowest BCUT2D eigenvalue weighted by atomic mass is 10.0. The smallest absolute Gasteiger partial charge is 0.259 e. The quantitative estimate of drug-likeness (QED) is 0.326. The van der Waals surface area contributed by atoms with Gasteiger partial charge in [0.15, 0.2) is 0 Å². The first-order valence-electron chi connectivity index (χ1n) is 11.9. The number of piperidine rings is 1. The van der Waals surface area contributed by atoms with E-state index in [1.165, 1.54) is 6.07 Å². The van der Waals surface area contributed by atoms with Crippen LogP contribution in [0.4, 0.5) is 0 Å². The Morgan fingerprint density at radius 1 is 1.20 bits per heavy atom. The number of fused-ring (bicyclic) bond motifs is 2. The summed E-state index contributed by atoms with van der Waals surface area (Å²) in [6, 6.07) is 14.9. The number of rotatable bonds is 7. The molecule has 5 rings (SSSR count). The first-order chi connectivity index (χ1) is 17.0. The van der Waals surface area contributed by atoms with Gasteiger partial charge in [-0.15, -0.1) is 0 Å². The number of pyridine rings is 2. The maximum atomic E-state index is 12.4. The summed E-state index contributed by atoms with van der Waals surface area (Å²) in [4.78, 5) is 21.9. The summed E-state index contributed by atoms with van der Waals surface area (Å²) in [6.07, 6.45) is 3.03. The van der Waals surface area contributed by atoms with Crippen LogP contribution in [-0.4, -0.2) is 57.9 Å². The number of aromatic nitrogens is 2. The molecule has 182 valence electrons. The summed E-state index contributed by atoms with van der Waals surface area (Å²) in [5, 5.41) is 26.5. The molecule has 4 N–H and O–H groups in total. The van der Waals surface area contributed by atoms with Crippen molar-refractivity contribution in [3.63, 3.8) is 0 Å². The summed E-state index contributed by atoms with van der Waals surface area (Å²) in [7, 11) is 1.63. The van der Waals surface area contributed by atoms with E-state index in [0.29, 0.717) is 24.5 Å². The largest absolute Gasteiger partial charge is 0.507 e. The Hall–Kier alpha value is -3.46. The number of nitrogens with zero attached hydrogens (tertiary/aromatic N) is 2. The average molecular weight is 475 g/mol. The van der Waals surface area contributed by atoms with Crippen LogP contribution in [0.3, 0.4) is 0 Å². The standard InChI is InChI=1S/C27H30N4O4/c1-35-20-5-6-23-22(14-20)21(7-10-28-23)25(33)16-31-11-8-18(9-12-31)29-15-19-13-17-3-2-4-24(32)26(17)27(34)30-19/h2-7,10,13-14,18,25,29,32-33H,8-9,11-12,15-16H2,1H3,(H,30,34). The van der Waals surface area contributed by atoms with Crippen LogP contribution in [0.1, 0.15) is 30.2 Å². The first kappa shape index (κ1) is 23.3. The third-order valence-electron chi connectivity index (χ3n) is 6.85. The molecule has 0 aliphatic carbocycles. The highest BCUT2D eigenvalue weighted by atomic mass is 16.5. The Kier molecular flexibility index (Phi) is 6.68. The van der Waals surface area contributed by atoms with Crippen LogP contribution >= 0.6 is 0 Å². The lowest BCUT2D eigenvalue weighted by Crippen LogP contribution is -2.43. The summed E-state index contributed by atoms with van der Waals surface area (Å²) in [5.41, 5.74) is 2.22. The molecule has 1 fully saturated rings. The van der Waals surface area contributed by atoms with Crippen molar-refractivity contribution in [2.75, 3.05) is 26.7 Å². The molecule has 0 saturated carbocycles. The van der Waals surface area contributed by atoms with Crippen molar-refractivity contribution in [2.45, 2.75) is 31.5 Å². The maximum Gasteiger partial charge on any atom is 0.259 e. The topological polar surface area (TPSA) is 111 Å². The molecule has 1 aliphatic rings. The normalized spacial score (nSPS) is 16.1. The van der Waals surface area contributed by atoms with Gasteiger partial charge in [-0.1, -0.05) is 12.1 Å². The number of phenols is 1. The molecule has 2 aromatic carbocycles. The summed E-state index contributed by atoms with van der Waals surface area (Å²) in [5.74, 6) is 0.743. The number of aliphatic hydroxyl groups excluding tert-OH is 1. The van der Waals surface area contributed by atoms with Crippen LogP contribution in [0.25, 0.3) is 21.7 Å². The molecule has 1 aliphatic heterocycles. The second kappa shape index (κ2) is 10.0. The zero-order valence-corrected chi connectivity index (χ0v) is 19.7. The molecule has 0 spiro atoms. The molecule has 0 amide bonds. The fourth-order valence-electron chi connectivity index (χ4n) is 4.93. The van der Waals surface area contributed by atoms with Crippen LogP contribution in [0, 0.1) is 0 Å². The van der Waals surface area contributed by atoms with Gasteiger partial charge in [-0.05, 0) is 73.3 Å². The van der Waals surface area contributed by atoms with Crippen LogP contribution < -0.4 is 15.6 Å². The van der Waals surface area contributed by atoms with Gasteiger partial charge in [-0.3, -0.25) is 9.78 Å². The van der Waals surface area contributed by atoms with E-state index in [0.717, 1.165) is 59.2 Å². The number of nitrogens with one attached hydrogen (secondary N) is 2. The van der Waals surface area contributed by atoms with Crippen molar-refractivity contribution < 1.29 is 14.9 Å². The molecular weight excluding hydrogens is 444 g/mol. The maximum absolute atomic E-state index is 12.4. The Bertz CT molecular complexity index is 1400. The molecule has 3 heterocycles. The van der Waals surface area contributed by atoms with Crippen molar-refractivity contribution in [3.05, 3.63) is 76.3 Å². The van der Waals surface area contributed by atoms with E-state index in [2.05, 4.69) is 20.2 Å². The highest BCUT2D eigenvalue weighted by Crippen LogP contribution is 2.28. The van der Waals surface area contributed by atoms with Gasteiger partial charge >= 0.3 is 0 Å². The lowest BCUT2D eigenvalue weighted by Gasteiger charge is -2.33. The third kappa shape index (κ3) is 5.00. The Labute approximate surface area is 203 Å². The number of methoxy groups -OCH3 is 1. The van der Waals surface area contributed by atoms with Gasteiger partial charge in [0.1, 0.15) is 11.5 Å². The van der Waals surface area contributed by atoms with E-state index in [1.54, 1.807) is 19.4 Å². The zero-order valence-electron chi connectivity index (χ0n) is 19.7. The molecule has 1 atom stereocenters. The summed E-state index contributed by atoms with van der Waals surface area (Å²) < 4.78 is 5.35. The predicted molar refractivity (Wildman–Crippen MR) is 136 cm³/mol. The van der Waals surface area contributed by atoms with Crippen molar-refractivity contribution in [2.24, 2.45) is 0 Å². The van der Waals surface area contributed by atoms with Gasteiger partial charge in [0.2, 0.25) is 0 Å². The number of aromatic amines is 1. The summed E-state index contributed by atoms with van der Waals surface area (Å²) >= 11 is 0. The Balaban J connectivity index is 1.17. The van der Waals surface area contributed by atoms with Crippen molar-refractivity contribution in [3.8, 4) is 11.5 Å². The van der Waals surface area contributed by atoms with E-state index in [4.69, 9.17) is 4.74 Å². The number of likely N-dealkylation sites (tertiary alicyclic amines) is 1. The van der Waals surface area contributed by atoms with Gasteiger partial charge in [-0.2, -0.15) is 0 Å². The minimum absolute atomic E-state index is 0.00304. The zero-order chi connectivity index (χ0) is 24.4. The van der Waals surface area contributed by atoms with Gasteiger partial charge in [-0.25, -0.2) is 0 Å². The number of β-amino-alcohol motifs (C(OH)–C–C–N with tert-alkyl or cyclic N) is 1. The SMILES string of the molecule is COc1ccc2nccc(C(O)CN3CCC(NCc4cc5cccc(O)c5c(=O)[nH]4)CC3)c2c1. The van der Waals surface area contributed by atoms with Crippen LogP contribution in [0.5, 0.6) is 11.5 Å². The average Bonchev–Trinajstić information content (AvgIpc) is 2.87. The predicted octanol–water partition coefficient (Wildman–Crippen LogP) is 3.08. The number of hydrogen-bond acceptors (Lipinski definition) is 7. The highest BCUT2D eigenvalue weighted by molar-refractivity contribution is 5.87. The molecule has 2 aromatic heterocycles. The lowest BCUT2D eigenvalue weighted by molar-refractivity contribution is 0.0948. The van der Waals surface area contributed by atoms with Crippen LogP contribution in [-0.2, 0) is 6.54 Å². The number of phenolic OH excluding ortho intramolecular Hbond substituents is 1. The van der Waals surface area contributed by atoms with E-state index < -0.39 is 6.10 Å². The van der Waals surface area contributed by atoms with E-state index in [1.807, 2.05) is 36.4 Å². The van der Waals surface area contributed by atoms with Crippen molar-refractivity contribution in [1.82, 2.24) is 20.2 Å². The Morgan fingerprint density at radius 2 is 2.03 bits per heavy atom. The van der Waals surface area contributed by atoms with Gasteiger partial charge in [0.25, 0.3) is 5.56 Å². The number of aliphatic hydroxyl groups is 1. The molecule has 1 saturated heterocycles. The molecule has 35 heavy (non-hydrogen) atoms. The Morgan fingerprint density at radius 3 is 2.83 bits per heavy atom. The van der Waals surface area contributed by atoms with E-state index >= 15 is 0 Å². The second-order valence-electron chi connectivity index (χ2n) is 9.12. The minimum atomic E-state index is -0.615. The second-order valence-corrected chi connectivity index (χ2v) is 9.12. The monoisotopic (exact) mass is 474 g/mol. The van der Waals surface area contributed by atoms with Crippen molar-refractivity contribution in [1.29, 1.82) is 0 Å².